The van der Waals surface area contributed by atoms with Gasteiger partial charge in [0.1, 0.15) is 5.84 Å². The fraction of sp³-hybridized carbons (Fsp3) is 0.462. The largest absolute Gasteiger partial charge is 0.384 e. The molecule has 0 saturated carbocycles. The summed E-state index contributed by atoms with van der Waals surface area (Å²) >= 11 is 3.45. The van der Waals surface area contributed by atoms with Crippen LogP contribution in [0.15, 0.2) is 22.7 Å². The molecule has 1 heterocycles. The van der Waals surface area contributed by atoms with Crippen LogP contribution < -0.4 is 10.6 Å². The average Bonchev–Trinajstić information content (AvgIpc) is 2.81. The number of amidine groups is 1. The maximum absolute atomic E-state index is 7.45. The number of likely N-dealkylation sites (N-methyl/N-ethyl adjacent to an activating group) is 1. The van der Waals surface area contributed by atoms with Crippen LogP contribution in [-0.4, -0.2) is 32.1 Å². The third-order valence-corrected chi connectivity index (χ3v) is 3.84. The van der Waals surface area contributed by atoms with Gasteiger partial charge in [0.15, 0.2) is 0 Å². The minimum Gasteiger partial charge on any atom is -0.384 e. The minimum absolute atomic E-state index is 0.0789. The van der Waals surface area contributed by atoms with Gasteiger partial charge in [-0.15, -0.1) is 0 Å². The molecule has 2 rings (SSSR count). The van der Waals surface area contributed by atoms with Crippen molar-refractivity contribution >= 4 is 27.5 Å². The molecule has 1 saturated heterocycles. The lowest BCUT2D eigenvalue weighted by Crippen LogP contribution is -2.28. The molecule has 0 aliphatic carbocycles. The molecule has 0 spiro atoms. The molecule has 1 fully saturated rings. The summed E-state index contributed by atoms with van der Waals surface area (Å²) in [4.78, 5) is 2.17. The lowest BCUT2D eigenvalue weighted by atomic mass is 10.1. The van der Waals surface area contributed by atoms with Crippen LogP contribution in [-0.2, 0) is 4.74 Å². The maximum Gasteiger partial charge on any atom is 0.123 e. The lowest BCUT2D eigenvalue weighted by molar-refractivity contribution is 0.116. The number of nitrogens with two attached hydrogens (primary N) is 1. The first-order chi connectivity index (χ1) is 8.58. The van der Waals surface area contributed by atoms with Crippen molar-refractivity contribution in [2.45, 2.75) is 18.9 Å². The number of nitrogens with one attached hydrogen (secondary N) is 1. The molecule has 0 aromatic heterocycles. The fourth-order valence-electron chi connectivity index (χ4n) is 2.16. The molecule has 1 aliphatic rings. The van der Waals surface area contributed by atoms with E-state index in [0.717, 1.165) is 41.7 Å². The van der Waals surface area contributed by atoms with Crippen molar-refractivity contribution < 1.29 is 4.74 Å². The second-order valence-corrected chi connectivity index (χ2v) is 5.45. The number of hydrogen-bond donors (Lipinski definition) is 2. The van der Waals surface area contributed by atoms with E-state index in [0.29, 0.717) is 6.10 Å². The molecule has 18 heavy (non-hydrogen) atoms. The van der Waals surface area contributed by atoms with E-state index in [9.17, 15) is 0 Å². The third kappa shape index (κ3) is 3.03. The SMILES string of the molecule is CN(CC1CCCO1)c1ccc(C(=N)N)c(Br)c1. The Bertz CT molecular complexity index is 444. The summed E-state index contributed by atoms with van der Waals surface area (Å²) < 4.78 is 6.48. The van der Waals surface area contributed by atoms with Gasteiger partial charge in [0.25, 0.3) is 0 Å². The summed E-state index contributed by atoms with van der Waals surface area (Å²) in [6.45, 7) is 1.78. The van der Waals surface area contributed by atoms with Crippen LogP contribution in [0, 0.1) is 5.41 Å². The van der Waals surface area contributed by atoms with Crippen LogP contribution in [0.25, 0.3) is 0 Å². The molecule has 1 aromatic rings. The summed E-state index contributed by atoms with van der Waals surface area (Å²) in [5.41, 5.74) is 7.32. The Kier molecular flexibility index (Phi) is 4.24. The molecule has 0 radical (unpaired) electrons. The molecule has 4 nitrogen and oxygen atoms in total. The molecule has 1 atom stereocenters. The zero-order chi connectivity index (χ0) is 13.1. The van der Waals surface area contributed by atoms with E-state index >= 15 is 0 Å². The number of halogens is 1. The topological polar surface area (TPSA) is 62.3 Å². The molecule has 5 heteroatoms. The fourth-order valence-corrected chi connectivity index (χ4v) is 2.74. The summed E-state index contributed by atoms with van der Waals surface area (Å²) in [5.74, 6) is 0.0789. The first-order valence-corrected chi connectivity index (χ1v) is 6.84. The zero-order valence-electron chi connectivity index (χ0n) is 10.4. The van der Waals surface area contributed by atoms with E-state index in [1.807, 2.05) is 18.2 Å². The molecule has 0 amide bonds. The summed E-state index contributed by atoms with van der Waals surface area (Å²) in [6, 6.07) is 5.84. The van der Waals surface area contributed by atoms with E-state index in [2.05, 4.69) is 27.9 Å². The highest BCUT2D eigenvalue weighted by Gasteiger charge is 2.18. The van der Waals surface area contributed by atoms with Gasteiger partial charge >= 0.3 is 0 Å². The van der Waals surface area contributed by atoms with E-state index in [1.54, 1.807) is 0 Å². The van der Waals surface area contributed by atoms with Gasteiger partial charge in [0, 0.05) is 35.9 Å². The van der Waals surface area contributed by atoms with Gasteiger partial charge in [0.05, 0.1) is 6.10 Å². The minimum atomic E-state index is 0.0789. The third-order valence-electron chi connectivity index (χ3n) is 3.19. The number of rotatable bonds is 4. The highest BCUT2D eigenvalue weighted by Crippen LogP contribution is 2.24. The second kappa shape index (κ2) is 5.71. The van der Waals surface area contributed by atoms with Crippen LogP contribution in [0.5, 0.6) is 0 Å². The van der Waals surface area contributed by atoms with Crippen LogP contribution in [0.1, 0.15) is 18.4 Å². The monoisotopic (exact) mass is 311 g/mol. The molecule has 3 N–H and O–H groups in total. The Hall–Kier alpha value is -1.07. The quantitative estimate of drug-likeness (QED) is 0.663. The highest BCUT2D eigenvalue weighted by atomic mass is 79.9. The average molecular weight is 312 g/mol. The van der Waals surface area contributed by atoms with Gasteiger partial charge in [-0.2, -0.15) is 0 Å². The van der Waals surface area contributed by atoms with Crippen molar-refractivity contribution in [2.75, 3.05) is 25.1 Å². The molecule has 1 aliphatic heterocycles. The predicted octanol–water partition coefficient (Wildman–Crippen LogP) is 2.35. The molecule has 0 bridgehead atoms. The standard InChI is InChI=1S/C13H18BrN3O/c1-17(8-10-3-2-6-18-10)9-4-5-11(13(15)16)12(14)7-9/h4-5,7,10H,2-3,6,8H2,1H3,(H3,15,16). The van der Waals surface area contributed by atoms with Gasteiger partial charge < -0.3 is 15.4 Å². The Labute approximate surface area is 116 Å². The van der Waals surface area contributed by atoms with Crippen LogP contribution in [0.3, 0.4) is 0 Å². The number of hydrogen-bond acceptors (Lipinski definition) is 3. The molecule has 1 unspecified atom stereocenters. The molecule has 98 valence electrons. The Balaban J connectivity index is 2.08. The van der Waals surface area contributed by atoms with Crippen LogP contribution in [0.4, 0.5) is 5.69 Å². The van der Waals surface area contributed by atoms with Crippen molar-refractivity contribution in [1.29, 1.82) is 5.41 Å². The van der Waals surface area contributed by atoms with Crippen LogP contribution >= 0.6 is 15.9 Å². The van der Waals surface area contributed by atoms with Gasteiger partial charge in [-0.25, -0.2) is 0 Å². The van der Waals surface area contributed by atoms with E-state index in [1.165, 1.54) is 0 Å². The van der Waals surface area contributed by atoms with Crippen molar-refractivity contribution in [3.05, 3.63) is 28.2 Å². The molecule has 1 aromatic carbocycles. The Morgan fingerprint density at radius 2 is 2.39 bits per heavy atom. The van der Waals surface area contributed by atoms with Gasteiger partial charge in [0.2, 0.25) is 0 Å². The van der Waals surface area contributed by atoms with Crippen LogP contribution in [0.2, 0.25) is 0 Å². The lowest BCUT2D eigenvalue weighted by Gasteiger charge is -2.23. The van der Waals surface area contributed by atoms with Crippen molar-refractivity contribution in [1.82, 2.24) is 0 Å². The molecular formula is C13H18BrN3O. The van der Waals surface area contributed by atoms with E-state index < -0.39 is 0 Å². The second-order valence-electron chi connectivity index (χ2n) is 4.59. The highest BCUT2D eigenvalue weighted by molar-refractivity contribution is 9.10. The van der Waals surface area contributed by atoms with E-state index in [4.69, 9.17) is 15.9 Å². The number of anilines is 1. The number of ether oxygens (including phenoxy) is 1. The maximum atomic E-state index is 7.45. The first kappa shape index (κ1) is 13.4. The zero-order valence-corrected chi connectivity index (χ0v) is 12.0. The van der Waals surface area contributed by atoms with E-state index in [-0.39, 0.29) is 5.84 Å². The van der Waals surface area contributed by atoms with Crippen molar-refractivity contribution in [3.63, 3.8) is 0 Å². The summed E-state index contributed by atoms with van der Waals surface area (Å²) in [5, 5.41) is 7.45. The summed E-state index contributed by atoms with van der Waals surface area (Å²) in [6.07, 6.45) is 2.63. The number of benzene rings is 1. The Morgan fingerprint density at radius 3 is 2.94 bits per heavy atom. The normalized spacial score (nSPS) is 18.9. The smallest absolute Gasteiger partial charge is 0.123 e. The number of nitrogens with zero attached hydrogens (tertiary/aromatic N) is 1. The van der Waals surface area contributed by atoms with Gasteiger partial charge in [-0.3, -0.25) is 5.41 Å². The van der Waals surface area contributed by atoms with Gasteiger partial charge in [-0.05, 0) is 47.0 Å². The Morgan fingerprint density at radius 1 is 1.61 bits per heavy atom. The number of nitrogen functional groups attached to an aromatic ring is 1. The molecular weight excluding hydrogens is 294 g/mol. The van der Waals surface area contributed by atoms with Crippen molar-refractivity contribution in [3.8, 4) is 0 Å². The summed E-state index contributed by atoms with van der Waals surface area (Å²) in [7, 11) is 2.05. The van der Waals surface area contributed by atoms with Gasteiger partial charge in [-0.1, -0.05) is 0 Å². The van der Waals surface area contributed by atoms with Crippen molar-refractivity contribution in [2.24, 2.45) is 5.73 Å². The predicted molar refractivity (Wildman–Crippen MR) is 77.4 cm³/mol. The first-order valence-electron chi connectivity index (χ1n) is 6.04.